The van der Waals surface area contributed by atoms with Crippen molar-refractivity contribution in [3.8, 4) is 0 Å². The molecule has 0 aliphatic heterocycles. The molecule has 2 aromatic carbocycles. The quantitative estimate of drug-likeness (QED) is 0.804. The van der Waals surface area contributed by atoms with Crippen LogP contribution in [0.25, 0.3) is 0 Å². The first kappa shape index (κ1) is 15.2. The molecule has 0 aliphatic rings. The van der Waals surface area contributed by atoms with E-state index in [4.69, 9.17) is 11.6 Å². The summed E-state index contributed by atoms with van der Waals surface area (Å²) in [5.41, 5.74) is -0.471. The van der Waals surface area contributed by atoms with E-state index in [0.717, 1.165) is 12.1 Å². The Morgan fingerprint density at radius 3 is 2.19 bits per heavy atom. The van der Waals surface area contributed by atoms with Crippen LogP contribution in [0.5, 0.6) is 0 Å². The third kappa shape index (κ3) is 4.13. The molecule has 2 N–H and O–H groups in total. The lowest BCUT2D eigenvalue weighted by Crippen LogP contribution is -2.19. The summed E-state index contributed by atoms with van der Waals surface area (Å²) in [5, 5.41) is 4.40. The van der Waals surface area contributed by atoms with Crippen molar-refractivity contribution in [3.05, 3.63) is 59.1 Å². The van der Waals surface area contributed by atoms with Crippen LogP contribution >= 0.6 is 11.6 Å². The van der Waals surface area contributed by atoms with Crippen molar-refractivity contribution in [3.63, 3.8) is 0 Å². The predicted molar refractivity (Wildman–Crippen MR) is 75.5 cm³/mol. The Labute approximate surface area is 123 Å². The van der Waals surface area contributed by atoms with Gasteiger partial charge in [0, 0.05) is 11.4 Å². The van der Waals surface area contributed by atoms with Crippen LogP contribution in [0, 0.1) is 0 Å². The fourth-order valence-electron chi connectivity index (χ4n) is 1.64. The Balaban J connectivity index is 2.11. The fourth-order valence-corrected chi connectivity index (χ4v) is 1.86. The van der Waals surface area contributed by atoms with Gasteiger partial charge in [-0.2, -0.15) is 13.2 Å². The minimum atomic E-state index is -4.58. The topological polar surface area (TPSA) is 41.1 Å². The van der Waals surface area contributed by atoms with E-state index in [-0.39, 0.29) is 5.69 Å². The highest BCUT2D eigenvalue weighted by molar-refractivity contribution is 6.31. The minimum absolute atomic E-state index is 0.000145. The molecule has 0 radical (unpaired) electrons. The summed E-state index contributed by atoms with van der Waals surface area (Å²) in [4.78, 5) is 11.7. The summed E-state index contributed by atoms with van der Waals surface area (Å²) in [7, 11) is 0. The number of nitrogens with one attached hydrogen (secondary N) is 2. The number of rotatable bonds is 2. The first-order chi connectivity index (χ1) is 9.86. The number of para-hydroxylation sites is 1. The van der Waals surface area contributed by atoms with Crippen molar-refractivity contribution in [1.82, 2.24) is 0 Å². The first-order valence-electron chi connectivity index (χ1n) is 5.86. The molecule has 2 aromatic rings. The van der Waals surface area contributed by atoms with Crippen LogP contribution in [0.1, 0.15) is 5.56 Å². The Morgan fingerprint density at radius 1 is 0.952 bits per heavy atom. The number of anilines is 2. The normalized spacial score (nSPS) is 11.0. The number of hydrogen-bond acceptors (Lipinski definition) is 1. The van der Waals surface area contributed by atoms with E-state index >= 15 is 0 Å². The lowest BCUT2D eigenvalue weighted by Gasteiger charge is -2.12. The van der Waals surface area contributed by atoms with Crippen LogP contribution in [0.15, 0.2) is 48.5 Å². The van der Waals surface area contributed by atoms with Gasteiger partial charge in [-0.3, -0.25) is 0 Å². The highest BCUT2D eigenvalue weighted by Crippen LogP contribution is 2.36. The molecule has 0 spiro atoms. The lowest BCUT2D eigenvalue weighted by atomic mass is 10.2. The summed E-state index contributed by atoms with van der Waals surface area (Å²) in [6, 6.07) is 11.1. The molecule has 0 aliphatic carbocycles. The van der Waals surface area contributed by atoms with Gasteiger partial charge in [-0.25, -0.2) is 4.79 Å². The molecular formula is C14H10ClF3N2O. The summed E-state index contributed by atoms with van der Waals surface area (Å²) in [6.45, 7) is 0. The summed E-state index contributed by atoms with van der Waals surface area (Å²) in [5.74, 6) is 0. The molecule has 0 atom stereocenters. The molecule has 0 unspecified atom stereocenters. The molecule has 3 nitrogen and oxygen atoms in total. The van der Waals surface area contributed by atoms with Gasteiger partial charge in [-0.05, 0) is 30.3 Å². The van der Waals surface area contributed by atoms with Gasteiger partial charge in [0.2, 0.25) is 0 Å². The Morgan fingerprint density at radius 2 is 1.57 bits per heavy atom. The van der Waals surface area contributed by atoms with Crippen LogP contribution in [0.2, 0.25) is 5.02 Å². The molecule has 0 aromatic heterocycles. The van der Waals surface area contributed by atoms with Crippen molar-refractivity contribution < 1.29 is 18.0 Å². The number of halogens is 4. The molecule has 110 valence electrons. The van der Waals surface area contributed by atoms with Crippen LogP contribution in [0.3, 0.4) is 0 Å². The molecule has 2 rings (SSSR count). The Hall–Kier alpha value is -2.21. The number of benzene rings is 2. The van der Waals surface area contributed by atoms with Crippen LogP contribution in [-0.4, -0.2) is 6.03 Å². The van der Waals surface area contributed by atoms with E-state index < -0.39 is 22.8 Å². The zero-order chi connectivity index (χ0) is 15.5. The third-order valence-corrected chi connectivity index (χ3v) is 2.89. The predicted octanol–water partition coefficient (Wildman–Crippen LogP) is 5.00. The second-order valence-corrected chi connectivity index (χ2v) is 4.54. The van der Waals surface area contributed by atoms with E-state index in [2.05, 4.69) is 10.6 Å². The lowest BCUT2D eigenvalue weighted by molar-refractivity contribution is -0.137. The maximum atomic E-state index is 12.7. The second-order valence-electron chi connectivity index (χ2n) is 4.14. The molecule has 7 heteroatoms. The zero-order valence-corrected chi connectivity index (χ0v) is 11.3. The third-order valence-electron chi connectivity index (χ3n) is 2.56. The molecular weight excluding hydrogens is 305 g/mol. The van der Waals surface area contributed by atoms with Crippen molar-refractivity contribution in [2.75, 3.05) is 10.6 Å². The van der Waals surface area contributed by atoms with Crippen LogP contribution in [-0.2, 0) is 6.18 Å². The van der Waals surface area contributed by atoms with Gasteiger partial charge in [0.1, 0.15) is 0 Å². The second kappa shape index (κ2) is 6.05. The van der Waals surface area contributed by atoms with E-state index in [0.29, 0.717) is 5.69 Å². The minimum Gasteiger partial charge on any atom is -0.308 e. The van der Waals surface area contributed by atoms with E-state index in [1.54, 1.807) is 30.3 Å². The van der Waals surface area contributed by atoms with Gasteiger partial charge in [0.15, 0.2) is 0 Å². The SMILES string of the molecule is O=C(Nc1ccccc1)Nc1ccc(Cl)c(C(F)(F)F)c1. The fraction of sp³-hybridized carbons (Fsp3) is 0.0714. The molecule has 0 saturated heterocycles. The molecule has 0 bridgehead atoms. The number of carbonyl (C=O) groups excluding carboxylic acids is 1. The van der Waals surface area contributed by atoms with Gasteiger partial charge < -0.3 is 10.6 Å². The van der Waals surface area contributed by atoms with Gasteiger partial charge >= 0.3 is 12.2 Å². The van der Waals surface area contributed by atoms with Gasteiger partial charge in [0.05, 0.1) is 10.6 Å². The molecule has 0 saturated carbocycles. The number of amides is 2. The number of hydrogen-bond donors (Lipinski definition) is 2. The van der Waals surface area contributed by atoms with Gasteiger partial charge in [-0.15, -0.1) is 0 Å². The van der Waals surface area contributed by atoms with Crippen molar-refractivity contribution >= 4 is 29.0 Å². The van der Waals surface area contributed by atoms with Gasteiger partial charge in [-0.1, -0.05) is 29.8 Å². The number of urea groups is 1. The highest BCUT2D eigenvalue weighted by atomic mass is 35.5. The molecule has 0 heterocycles. The molecule has 2 amide bonds. The monoisotopic (exact) mass is 314 g/mol. The zero-order valence-electron chi connectivity index (χ0n) is 10.5. The average Bonchev–Trinajstić information content (AvgIpc) is 2.41. The average molecular weight is 315 g/mol. The smallest absolute Gasteiger partial charge is 0.308 e. The summed E-state index contributed by atoms with van der Waals surface area (Å²) in [6.07, 6.45) is -4.58. The molecule has 0 fully saturated rings. The highest BCUT2D eigenvalue weighted by Gasteiger charge is 2.33. The van der Waals surface area contributed by atoms with Crippen molar-refractivity contribution in [1.29, 1.82) is 0 Å². The van der Waals surface area contributed by atoms with E-state index in [1.165, 1.54) is 6.07 Å². The Kier molecular flexibility index (Phi) is 4.37. The Bertz CT molecular complexity index is 644. The van der Waals surface area contributed by atoms with Crippen molar-refractivity contribution in [2.45, 2.75) is 6.18 Å². The van der Waals surface area contributed by atoms with Crippen LogP contribution < -0.4 is 10.6 Å². The van der Waals surface area contributed by atoms with Crippen molar-refractivity contribution in [2.24, 2.45) is 0 Å². The van der Waals surface area contributed by atoms with Crippen LogP contribution in [0.4, 0.5) is 29.3 Å². The first-order valence-corrected chi connectivity index (χ1v) is 6.24. The maximum absolute atomic E-state index is 12.7. The largest absolute Gasteiger partial charge is 0.417 e. The van der Waals surface area contributed by atoms with Gasteiger partial charge in [0.25, 0.3) is 0 Å². The maximum Gasteiger partial charge on any atom is 0.417 e. The number of carbonyl (C=O) groups is 1. The number of alkyl halides is 3. The molecule has 21 heavy (non-hydrogen) atoms. The van der Waals surface area contributed by atoms with E-state index in [9.17, 15) is 18.0 Å². The standard InChI is InChI=1S/C14H10ClF3N2O/c15-12-7-6-10(8-11(12)14(16,17)18)20-13(21)19-9-4-2-1-3-5-9/h1-8H,(H2,19,20,21). The summed E-state index contributed by atoms with van der Waals surface area (Å²) < 4.78 is 38.1. The summed E-state index contributed by atoms with van der Waals surface area (Å²) >= 11 is 5.50. The van der Waals surface area contributed by atoms with E-state index in [1.807, 2.05) is 0 Å².